The van der Waals surface area contributed by atoms with Gasteiger partial charge in [-0.1, -0.05) is 32.0 Å². The normalized spacial score (nSPS) is 12.9. The molecule has 1 aromatic carbocycles. The molecule has 0 amide bonds. The molecule has 0 saturated carbocycles. The fraction of sp³-hybridized carbons (Fsp3) is 0.538. The third-order valence-corrected chi connectivity index (χ3v) is 3.35. The summed E-state index contributed by atoms with van der Waals surface area (Å²) in [6.07, 6.45) is 0. The Balaban J connectivity index is 2.58. The summed E-state index contributed by atoms with van der Waals surface area (Å²) in [4.78, 5) is 2.31. The Labute approximate surface area is 98.9 Å². The highest BCUT2D eigenvalue weighted by Crippen LogP contribution is 2.18. The average Bonchev–Trinajstić information content (AvgIpc) is 2.26. The minimum Gasteiger partial charge on any atom is -0.374 e. The second kappa shape index (κ2) is 6.06. The highest BCUT2D eigenvalue weighted by Gasteiger charge is 2.13. The first-order valence-electron chi connectivity index (χ1n) is 5.52. The zero-order chi connectivity index (χ0) is 11.3. The van der Waals surface area contributed by atoms with E-state index in [2.05, 4.69) is 68.8 Å². The van der Waals surface area contributed by atoms with Crippen molar-refractivity contribution in [3.8, 4) is 0 Å². The molecule has 2 heteroatoms. The molecule has 1 nitrogen and oxygen atoms in total. The molecule has 84 valence electrons. The lowest BCUT2D eigenvalue weighted by Crippen LogP contribution is -2.29. The number of nitrogens with zero attached hydrogens (tertiary/aromatic N) is 1. The van der Waals surface area contributed by atoms with Gasteiger partial charge in [0, 0.05) is 19.3 Å². The molecule has 1 atom stereocenters. The molecule has 15 heavy (non-hydrogen) atoms. The van der Waals surface area contributed by atoms with Crippen molar-refractivity contribution in [2.24, 2.45) is 11.8 Å². The topological polar surface area (TPSA) is 3.24 Å². The van der Waals surface area contributed by atoms with Crippen LogP contribution in [0.4, 0.5) is 5.69 Å². The van der Waals surface area contributed by atoms with Crippen molar-refractivity contribution in [2.45, 2.75) is 13.8 Å². The fourth-order valence-electron chi connectivity index (χ4n) is 1.62. The molecule has 0 radical (unpaired) electrons. The van der Waals surface area contributed by atoms with Crippen molar-refractivity contribution in [1.82, 2.24) is 0 Å². The summed E-state index contributed by atoms with van der Waals surface area (Å²) in [5.74, 6) is 2.29. The van der Waals surface area contributed by atoms with E-state index in [0.29, 0.717) is 11.8 Å². The molecule has 0 saturated heterocycles. The lowest BCUT2D eigenvalue weighted by atomic mass is 9.97. The number of rotatable bonds is 5. The zero-order valence-corrected chi connectivity index (χ0v) is 10.7. The summed E-state index contributed by atoms with van der Waals surface area (Å²) >= 11 is 4.42. The number of thiol groups is 1. The van der Waals surface area contributed by atoms with Crippen molar-refractivity contribution in [1.29, 1.82) is 0 Å². The Morgan fingerprint density at radius 3 is 2.27 bits per heavy atom. The van der Waals surface area contributed by atoms with Crippen molar-refractivity contribution >= 4 is 18.3 Å². The first-order chi connectivity index (χ1) is 7.15. The highest BCUT2D eigenvalue weighted by atomic mass is 32.1. The van der Waals surface area contributed by atoms with Crippen LogP contribution in [0.3, 0.4) is 0 Å². The van der Waals surface area contributed by atoms with E-state index >= 15 is 0 Å². The van der Waals surface area contributed by atoms with Crippen LogP contribution in [-0.4, -0.2) is 19.3 Å². The quantitative estimate of drug-likeness (QED) is 0.749. The highest BCUT2D eigenvalue weighted by molar-refractivity contribution is 7.80. The van der Waals surface area contributed by atoms with Crippen LogP contribution in [0.15, 0.2) is 30.3 Å². The van der Waals surface area contributed by atoms with Gasteiger partial charge in [0.05, 0.1) is 0 Å². The van der Waals surface area contributed by atoms with Crippen LogP contribution in [0.5, 0.6) is 0 Å². The first kappa shape index (κ1) is 12.4. The van der Waals surface area contributed by atoms with Gasteiger partial charge in [0.25, 0.3) is 0 Å². The third kappa shape index (κ3) is 3.78. The van der Waals surface area contributed by atoms with Gasteiger partial charge in [-0.25, -0.2) is 0 Å². The van der Waals surface area contributed by atoms with E-state index in [0.717, 1.165) is 12.3 Å². The predicted octanol–water partition coefficient (Wildman–Crippen LogP) is 3.32. The molecule has 1 rings (SSSR count). The SMILES string of the molecule is CC(C)C(CS)CN(C)c1ccccc1. The smallest absolute Gasteiger partial charge is 0.0363 e. The molecule has 0 bridgehead atoms. The van der Waals surface area contributed by atoms with Gasteiger partial charge < -0.3 is 4.90 Å². The van der Waals surface area contributed by atoms with Crippen molar-refractivity contribution < 1.29 is 0 Å². The van der Waals surface area contributed by atoms with E-state index in [1.807, 2.05) is 0 Å². The van der Waals surface area contributed by atoms with E-state index in [9.17, 15) is 0 Å². The average molecular weight is 223 g/mol. The maximum Gasteiger partial charge on any atom is 0.0363 e. The number of hydrogen-bond donors (Lipinski definition) is 1. The second-order valence-corrected chi connectivity index (χ2v) is 4.77. The van der Waals surface area contributed by atoms with Gasteiger partial charge in [-0.15, -0.1) is 0 Å². The standard InChI is InChI=1S/C13H21NS/c1-11(2)12(10-15)9-14(3)13-7-5-4-6-8-13/h4-8,11-12,15H,9-10H2,1-3H3. The number of hydrogen-bond acceptors (Lipinski definition) is 2. The van der Waals surface area contributed by atoms with E-state index in [1.54, 1.807) is 0 Å². The molecule has 1 aromatic rings. The van der Waals surface area contributed by atoms with Crippen molar-refractivity contribution in [3.63, 3.8) is 0 Å². The van der Waals surface area contributed by atoms with E-state index in [-0.39, 0.29) is 0 Å². The van der Waals surface area contributed by atoms with Gasteiger partial charge in [0.15, 0.2) is 0 Å². The molecule has 0 heterocycles. The van der Waals surface area contributed by atoms with Crippen LogP contribution in [-0.2, 0) is 0 Å². The van der Waals surface area contributed by atoms with Crippen molar-refractivity contribution in [2.75, 3.05) is 24.2 Å². The van der Waals surface area contributed by atoms with Gasteiger partial charge in [-0.2, -0.15) is 12.6 Å². The van der Waals surface area contributed by atoms with E-state index in [4.69, 9.17) is 0 Å². The molecular weight excluding hydrogens is 202 g/mol. The molecule has 0 N–H and O–H groups in total. The maximum atomic E-state index is 4.42. The molecule has 0 aliphatic carbocycles. The summed E-state index contributed by atoms with van der Waals surface area (Å²) in [7, 11) is 2.15. The summed E-state index contributed by atoms with van der Waals surface area (Å²) < 4.78 is 0. The Hall–Kier alpha value is -0.630. The Morgan fingerprint density at radius 2 is 1.80 bits per heavy atom. The third-order valence-electron chi connectivity index (χ3n) is 2.88. The lowest BCUT2D eigenvalue weighted by molar-refractivity contribution is 0.430. The molecule has 1 unspecified atom stereocenters. The van der Waals surface area contributed by atoms with Crippen LogP contribution in [0.2, 0.25) is 0 Å². The summed E-state index contributed by atoms with van der Waals surface area (Å²) in [6, 6.07) is 10.5. The molecule has 0 aliphatic rings. The van der Waals surface area contributed by atoms with Crippen LogP contribution in [0, 0.1) is 11.8 Å². The van der Waals surface area contributed by atoms with Crippen LogP contribution in [0.1, 0.15) is 13.8 Å². The van der Waals surface area contributed by atoms with Crippen LogP contribution in [0.25, 0.3) is 0 Å². The monoisotopic (exact) mass is 223 g/mol. The van der Waals surface area contributed by atoms with Gasteiger partial charge in [0.1, 0.15) is 0 Å². The predicted molar refractivity (Wildman–Crippen MR) is 71.9 cm³/mol. The molecule has 0 aromatic heterocycles. The number of anilines is 1. The summed E-state index contributed by atoms with van der Waals surface area (Å²) in [5.41, 5.74) is 1.28. The number of para-hydroxylation sites is 1. The minimum atomic E-state index is 0.651. The maximum absolute atomic E-state index is 4.42. The van der Waals surface area contributed by atoms with Crippen molar-refractivity contribution in [3.05, 3.63) is 30.3 Å². The summed E-state index contributed by atoms with van der Waals surface area (Å²) in [5, 5.41) is 0. The minimum absolute atomic E-state index is 0.651. The van der Waals surface area contributed by atoms with E-state index < -0.39 is 0 Å². The van der Waals surface area contributed by atoms with Gasteiger partial charge in [-0.3, -0.25) is 0 Å². The van der Waals surface area contributed by atoms with Crippen LogP contribution < -0.4 is 4.90 Å². The Morgan fingerprint density at radius 1 is 1.20 bits per heavy atom. The molecule has 0 fully saturated rings. The first-order valence-corrected chi connectivity index (χ1v) is 6.15. The summed E-state index contributed by atoms with van der Waals surface area (Å²) in [6.45, 7) is 5.60. The largest absolute Gasteiger partial charge is 0.374 e. The Kier molecular flexibility index (Phi) is 5.03. The lowest BCUT2D eigenvalue weighted by Gasteiger charge is -2.27. The van der Waals surface area contributed by atoms with Gasteiger partial charge in [0.2, 0.25) is 0 Å². The molecule has 0 aliphatic heterocycles. The van der Waals surface area contributed by atoms with E-state index in [1.165, 1.54) is 5.69 Å². The Bertz CT molecular complexity index is 271. The zero-order valence-electron chi connectivity index (χ0n) is 9.85. The fourth-order valence-corrected chi connectivity index (χ4v) is 2.16. The van der Waals surface area contributed by atoms with Gasteiger partial charge in [-0.05, 0) is 29.7 Å². The van der Waals surface area contributed by atoms with Gasteiger partial charge >= 0.3 is 0 Å². The van der Waals surface area contributed by atoms with Crippen LogP contribution >= 0.6 is 12.6 Å². The number of benzene rings is 1. The second-order valence-electron chi connectivity index (χ2n) is 4.40. The molecular formula is C13H21NS. The molecule has 0 spiro atoms.